The quantitative estimate of drug-likeness (QED) is 0.711. The van der Waals surface area contributed by atoms with Crippen LogP contribution in [0.25, 0.3) is 5.69 Å². The molecule has 2 aromatic carbocycles. The number of carbonyl (C=O) groups is 1. The molecule has 0 spiro atoms. The number of carbonyl (C=O) groups excluding carboxylic acids is 1. The van der Waals surface area contributed by atoms with Gasteiger partial charge in [-0.05, 0) is 48.7 Å². The zero-order chi connectivity index (χ0) is 18.4. The normalized spacial score (nSPS) is 10.5. The highest BCUT2D eigenvalue weighted by atomic mass is 16.5. The molecule has 0 unspecified atom stereocenters. The number of hydrogen-bond acceptors (Lipinski definition) is 4. The van der Waals surface area contributed by atoms with E-state index in [2.05, 4.69) is 22.6 Å². The van der Waals surface area contributed by atoms with E-state index in [1.165, 1.54) is 5.56 Å². The van der Waals surface area contributed by atoms with Crippen molar-refractivity contribution < 1.29 is 9.53 Å². The van der Waals surface area contributed by atoms with Crippen molar-refractivity contribution in [2.45, 2.75) is 26.8 Å². The SMILES string of the molecule is CCOc1cccc(CNC(=O)c2cn(-c3ccc(CC)cc3)nn2)c1. The molecule has 0 aliphatic carbocycles. The van der Waals surface area contributed by atoms with E-state index in [0.717, 1.165) is 23.4 Å². The van der Waals surface area contributed by atoms with Crippen molar-refractivity contribution in [2.75, 3.05) is 6.61 Å². The molecule has 6 nitrogen and oxygen atoms in total. The second kappa shape index (κ2) is 8.29. The fourth-order valence-corrected chi connectivity index (χ4v) is 2.56. The second-order valence-electron chi connectivity index (χ2n) is 5.83. The molecule has 1 amide bonds. The van der Waals surface area contributed by atoms with Crippen LogP contribution in [0.1, 0.15) is 35.5 Å². The molecule has 0 bridgehead atoms. The molecular formula is C20H22N4O2. The molecule has 26 heavy (non-hydrogen) atoms. The number of aryl methyl sites for hydroxylation is 1. The predicted molar refractivity (Wildman–Crippen MR) is 99.5 cm³/mol. The summed E-state index contributed by atoms with van der Waals surface area (Å²) >= 11 is 0. The molecule has 0 saturated heterocycles. The number of ether oxygens (including phenoxy) is 1. The van der Waals surface area contributed by atoms with Crippen LogP contribution in [0.4, 0.5) is 0 Å². The van der Waals surface area contributed by atoms with Gasteiger partial charge in [0.2, 0.25) is 0 Å². The number of nitrogens with one attached hydrogen (secondary N) is 1. The Morgan fingerprint density at radius 1 is 1.12 bits per heavy atom. The van der Waals surface area contributed by atoms with Gasteiger partial charge >= 0.3 is 0 Å². The number of benzene rings is 2. The first-order valence-corrected chi connectivity index (χ1v) is 8.71. The van der Waals surface area contributed by atoms with Crippen molar-refractivity contribution in [3.05, 3.63) is 71.5 Å². The summed E-state index contributed by atoms with van der Waals surface area (Å²) in [5.41, 5.74) is 3.37. The first-order chi connectivity index (χ1) is 12.7. The predicted octanol–water partition coefficient (Wildman–Crippen LogP) is 3.16. The van der Waals surface area contributed by atoms with Gasteiger partial charge in [-0.3, -0.25) is 4.79 Å². The lowest BCUT2D eigenvalue weighted by Gasteiger charge is -2.06. The number of amides is 1. The molecular weight excluding hydrogens is 328 g/mol. The highest BCUT2D eigenvalue weighted by Crippen LogP contribution is 2.13. The van der Waals surface area contributed by atoms with Crippen LogP contribution in [0.15, 0.2) is 54.7 Å². The summed E-state index contributed by atoms with van der Waals surface area (Å²) in [5.74, 6) is 0.531. The maximum atomic E-state index is 12.3. The molecule has 134 valence electrons. The Balaban J connectivity index is 1.63. The maximum absolute atomic E-state index is 12.3. The highest BCUT2D eigenvalue weighted by molar-refractivity contribution is 5.91. The Hall–Kier alpha value is -3.15. The summed E-state index contributed by atoms with van der Waals surface area (Å²) in [6.07, 6.45) is 2.61. The van der Waals surface area contributed by atoms with Crippen LogP contribution in [0.3, 0.4) is 0 Å². The molecule has 0 radical (unpaired) electrons. The van der Waals surface area contributed by atoms with Gasteiger partial charge in [-0.25, -0.2) is 4.68 Å². The van der Waals surface area contributed by atoms with Gasteiger partial charge < -0.3 is 10.1 Å². The van der Waals surface area contributed by atoms with E-state index in [0.29, 0.717) is 13.2 Å². The topological polar surface area (TPSA) is 69.0 Å². The van der Waals surface area contributed by atoms with Gasteiger partial charge in [-0.15, -0.1) is 5.10 Å². The Morgan fingerprint density at radius 2 is 1.92 bits per heavy atom. The van der Waals surface area contributed by atoms with Crippen molar-refractivity contribution in [2.24, 2.45) is 0 Å². The molecule has 1 heterocycles. The van der Waals surface area contributed by atoms with Gasteiger partial charge in [0.05, 0.1) is 18.5 Å². The van der Waals surface area contributed by atoms with E-state index >= 15 is 0 Å². The summed E-state index contributed by atoms with van der Waals surface area (Å²) in [4.78, 5) is 12.3. The molecule has 1 N–H and O–H groups in total. The van der Waals surface area contributed by atoms with Gasteiger partial charge in [-0.1, -0.05) is 36.4 Å². The van der Waals surface area contributed by atoms with E-state index in [1.54, 1.807) is 10.9 Å². The van der Waals surface area contributed by atoms with Crippen LogP contribution in [-0.2, 0) is 13.0 Å². The lowest BCUT2D eigenvalue weighted by atomic mass is 10.1. The molecule has 0 aliphatic heterocycles. The van der Waals surface area contributed by atoms with Crippen LogP contribution in [0.5, 0.6) is 5.75 Å². The Morgan fingerprint density at radius 3 is 2.65 bits per heavy atom. The van der Waals surface area contributed by atoms with Crippen molar-refractivity contribution in [3.8, 4) is 11.4 Å². The third kappa shape index (κ3) is 4.27. The average Bonchev–Trinajstić information content (AvgIpc) is 3.17. The van der Waals surface area contributed by atoms with Gasteiger partial charge in [0.1, 0.15) is 5.75 Å². The highest BCUT2D eigenvalue weighted by Gasteiger charge is 2.11. The largest absolute Gasteiger partial charge is 0.494 e. The molecule has 1 aromatic heterocycles. The van der Waals surface area contributed by atoms with Gasteiger partial charge in [0, 0.05) is 6.54 Å². The summed E-state index contributed by atoms with van der Waals surface area (Å²) < 4.78 is 7.07. The fourth-order valence-electron chi connectivity index (χ4n) is 2.56. The first-order valence-electron chi connectivity index (χ1n) is 8.71. The second-order valence-corrected chi connectivity index (χ2v) is 5.83. The van der Waals surface area contributed by atoms with E-state index in [4.69, 9.17) is 4.74 Å². The zero-order valence-corrected chi connectivity index (χ0v) is 15.0. The third-order valence-electron chi connectivity index (χ3n) is 4.00. The molecule has 0 saturated carbocycles. The van der Waals surface area contributed by atoms with Gasteiger partial charge in [0.25, 0.3) is 5.91 Å². The Kier molecular flexibility index (Phi) is 5.63. The molecule has 0 aliphatic rings. The van der Waals surface area contributed by atoms with Crippen molar-refractivity contribution in [1.29, 1.82) is 0 Å². The summed E-state index contributed by atoms with van der Waals surface area (Å²) in [7, 11) is 0. The zero-order valence-electron chi connectivity index (χ0n) is 15.0. The maximum Gasteiger partial charge on any atom is 0.273 e. The molecule has 3 rings (SSSR count). The van der Waals surface area contributed by atoms with E-state index in [1.807, 2.05) is 55.5 Å². The number of rotatable bonds is 7. The lowest BCUT2D eigenvalue weighted by molar-refractivity contribution is 0.0946. The number of aromatic nitrogens is 3. The van der Waals surface area contributed by atoms with Crippen LogP contribution < -0.4 is 10.1 Å². The van der Waals surface area contributed by atoms with E-state index < -0.39 is 0 Å². The third-order valence-corrected chi connectivity index (χ3v) is 4.00. The van der Waals surface area contributed by atoms with Crippen molar-refractivity contribution >= 4 is 5.91 Å². The fraction of sp³-hybridized carbons (Fsp3) is 0.250. The van der Waals surface area contributed by atoms with Crippen LogP contribution in [-0.4, -0.2) is 27.5 Å². The minimum Gasteiger partial charge on any atom is -0.494 e. The summed E-state index contributed by atoms with van der Waals surface area (Å²) in [6, 6.07) is 15.7. The average molecular weight is 350 g/mol. The molecule has 0 fully saturated rings. The number of hydrogen-bond donors (Lipinski definition) is 1. The van der Waals surface area contributed by atoms with E-state index in [9.17, 15) is 4.79 Å². The van der Waals surface area contributed by atoms with Crippen LogP contribution >= 0.6 is 0 Å². The first kappa shape index (κ1) is 17.7. The van der Waals surface area contributed by atoms with Crippen LogP contribution in [0, 0.1) is 0 Å². The summed E-state index contributed by atoms with van der Waals surface area (Å²) in [5, 5.41) is 10.9. The van der Waals surface area contributed by atoms with Crippen molar-refractivity contribution in [3.63, 3.8) is 0 Å². The molecule has 6 heteroatoms. The van der Waals surface area contributed by atoms with Gasteiger partial charge in [-0.2, -0.15) is 0 Å². The minimum absolute atomic E-state index is 0.261. The van der Waals surface area contributed by atoms with Crippen molar-refractivity contribution in [1.82, 2.24) is 20.3 Å². The minimum atomic E-state index is -0.261. The Bertz CT molecular complexity index is 872. The Labute approximate surface area is 152 Å². The molecule has 0 atom stereocenters. The summed E-state index contributed by atoms with van der Waals surface area (Å²) in [6.45, 7) is 5.06. The number of nitrogens with zero attached hydrogens (tertiary/aromatic N) is 3. The lowest BCUT2D eigenvalue weighted by Crippen LogP contribution is -2.23. The van der Waals surface area contributed by atoms with Crippen LogP contribution in [0.2, 0.25) is 0 Å². The smallest absolute Gasteiger partial charge is 0.273 e. The van der Waals surface area contributed by atoms with Gasteiger partial charge in [0.15, 0.2) is 5.69 Å². The monoisotopic (exact) mass is 350 g/mol. The molecule has 3 aromatic rings. The standard InChI is InChI=1S/C20H22N4O2/c1-3-15-8-10-17(11-9-15)24-14-19(22-23-24)20(25)21-13-16-6-5-7-18(12-16)26-4-2/h5-12,14H,3-4,13H2,1-2H3,(H,21,25). The van der Waals surface area contributed by atoms with E-state index in [-0.39, 0.29) is 11.6 Å².